The van der Waals surface area contributed by atoms with Gasteiger partial charge in [-0.25, -0.2) is 0 Å². The predicted octanol–water partition coefficient (Wildman–Crippen LogP) is 3.31. The Morgan fingerprint density at radius 3 is 2.68 bits per heavy atom. The minimum Gasteiger partial charge on any atom is -0.303 e. The van der Waals surface area contributed by atoms with Gasteiger partial charge in [0.05, 0.1) is 5.52 Å². The van der Waals surface area contributed by atoms with Crippen molar-refractivity contribution >= 4 is 23.1 Å². The SMILES string of the molecule is Cc1ccc2nc(C)cc(-c3n[nH]c(=S)n3C)c2c1. The number of hydrogen-bond donors (Lipinski definition) is 1. The summed E-state index contributed by atoms with van der Waals surface area (Å²) in [5.41, 5.74) is 4.21. The Bertz CT molecular complexity index is 829. The first-order valence-electron chi connectivity index (χ1n) is 6.06. The number of nitrogens with zero attached hydrogens (tertiary/aromatic N) is 3. The van der Waals surface area contributed by atoms with Crippen molar-refractivity contribution in [3.8, 4) is 11.4 Å². The molecule has 19 heavy (non-hydrogen) atoms. The van der Waals surface area contributed by atoms with Crippen molar-refractivity contribution < 1.29 is 0 Å². The lowest BCUT2D eigenvalue weighted by molar-refractivity contribution is 0.902. The molecule has 96 valence electrons. The number of pyridine rings is 1. The minimum absolute atomic E-state index is 0.616. The minimum atomic E-state index is 0.616. The maximum absolute atomic E-state index is 5.18. The second-order valence-electron chi connectivity index (χ2n) is 4.74. The van der Waals surface area contributed by atoms with Crippen molar-refractivity contribution in [1.82, 2.24) is 19.7 Å². The van der Waals surface area contributed by atoms with E-state index in [1.807, 2.05) is 30.7 Å². The molecule has 0 radical (unpaired) electrons. The van der Waals surface area contributed by atoms with Gasteiger partial charge in [0.1, 0.15) is 0 Å². The highest BCUT2D eigenvalue weighted by Crippen LogP contribution is 2.27. The Kier molecular flexibility index (Phi) is 2.71. The van der Waals surface area contributed by atoms with Crippen molar-refractivity contribution in [2.45, 2.75) is 13.8 Å². The van der Waals surface area contributed by atoms with Crippen LogP contribution in [0.3, 0.4) is 0 Å². The molecule has 0 unspecified atom stereocenters. The molecule has 2 aromatic heterocycles. The van der Waals surface area contributed by atoms with Crippen LogP contribution in [0.5, 0.6) is 0 Å². The van der Waals surface area contributed by atoms with Crippen molar-refractivity contribution in [2.75, 3.05) is 0 Å². The Hall–Kier alpha value is -2.01. The molecule has 0 atom stereocenters. The van der Waals surface area contributed by atoms with Crippen LogP contribution in [0.25, 0.3) is 22.3 Å². The van der Waals surface area contributed by atoms with Crippen molar-refractivity contribution in [2.24, 2.45) is 7.05 Å². The first kappa shape index (κ1) is 12.0. The lowest BCUT2D eigenvalue weighted by Crippen LogP contribution is -1.96. The van der Waals surface area contributed by atoms with Crippen LogP contribution in [0, 0.1) is 18.6 Å². The third-order valence-electron chi connectivity index (χ3n) is 3.21. The molecule has 3 rings (SSSR count). The van der Waals surface area contributed by atoms with Crippen LogP contribution in [0.2, 0.25) is 0 Å². The summed E-state index contributed by atoms with van der Waals surface area (Å²) >= 11 is 5.18. The van der Waals surface area contributed by atoms with Gasteiger partial charge >= 0.3 is 0 Å². The van der Waals surface area contributed by atoms with Crippen LogP contribution in [0.1, 0.15) is 11.3 Å². The second-order valence-corrected chi connectivity index (χ2v) is 5.13. The molecule has 0 saturated carbocycles. The first-order chi connectivity index (χ1) is 9.06. The molecular weight excluding hydrogens is 256 g/mol. The van der Waals surface area contributed by atoms with E-state index in [-0.39, 0.29) is 0 Å². The highest BCUT2D eigenvalue weighted by atomic mass is 32.1. The molecule has 1 aromatic carbocycles. The van der Waals surface area contributed by atoms with Crippen molar-refractivity contribution in [3.05, 3.63) is 40.3 Å². The highest BCUT2D eigenvalue weighted by Gasteiger charge is 2.11. The van der Waals surface area contributed by atoms with Gasteiger partial charge in [-0.05, 0) is 44.3 Å². The first-order valence-corrected chi connectivity index (χ1v) is 6.47. The number of aromatic amines is 1. The Morgan fingerprint density at radius 2 is 2.00 bits per heavy atom. The molecule has 5 heteroatoms. The summed E-state index contributed by atoms with van der Waals surface area (Å²) < 4.78 is 2.50. The van der Waals surface area contributed by atoms with E-state index >= 15 is 0 Å². The highest BCUT2D eigenvalue weighted by molar-refractivity contribution is 7.71. The average molecular weight is 270 g/mol. The predicted molar refractivity (Wildman–Crippen MR) is 78.6 cm³/mol. The molecular formula is C14H14N4S. The van der Waals surface area contributed by atoms with E-state index in [4.69, 9.17) is 12.2 Å². The molecule has 0 saturated heterocycles. The topological polar surface area (TPSA) is 46.5 Å². The third-order valence-corrected chi connectivity index (χ3v) is 3.58. The van der Waals surface area contributed by atoms with E-state index in [2.05, 4.69) is 34.2 Å². The number of hydrogen-bond acceptors (Lipinski definition) is 3. The largest absolute Gasteiger partial charge is 0.303 e. The zero-order valence-corrected chi connectivity index (χ0v) is 11.9. The number of benzene rings is 1. The van der Waals surface area contributed by atoms with Gasteiger partial charge in [0.25, 0.3) is 0 Å². The Morgan fingerprint density at radius 1 is 1.21 bits per heavy atom. The molecule has 0 spiro atoms. The monoisotopic (exact) mass is 270 g/mol. The molecule has 0 aliphatic carbocycles. The second kappa shape index (κ2) is 4.28. The van der Waals surface area contributed by atoms with E-state index in [9.17, 15) is 0 Å². The zero-order valence-electron chi connectivity index (χ0n) is 11.1. The Labute approximate surface area is 116 Å². The van der Waals surface area contributed by atoms with Crippen molar-refractivity contribution in [3.63, 3.8) is 0 Å². The van der Waals surface area contributed by atoms with E-state index in [0.29, 0.717) is 4.77 Å². The number of nitrogens with one attached hydrogen (secondary N) is 1. The number of aromatic nitrogens is 4. The van der Waals surface area contributed by atoms with Gasteiger partial charge in [0, 0.05) is 23.7 Å². The fourth-order valence-corrected chi connectivity index (χ4v) is 2.38. The van der Waals surface area contributed by atoms with Crippen molar-refractivity contribution in [1.29, 1.82) is 0 Å². The summed E-state index contributed by atoms with van der Waals surface area (Å²) in [6, 6.07) is 8.30. The van der Waals surface area contributed by atoms with E-state index < -0.39 is 0 Å². The van der Waals surface area contributed by atoms with Gasteiger partial charge in [0.15, 0.2) is 10.6 Å². The summed E-state index contributed by atoms with van der Waals surface area (Å²) in [7, 11) is 1.92. The van der Waals surface area contributed by atoms with E-state index in [1.54, 1.807) is 0 Å². The summed E-state index contributed by atoms with van der Waals surface area (Å²) in [4.78, 5) is 4.57. The molecule has 4 nitrogen and oxygen atoms in total. The fourth-order valence-electron chi connectivity index (χ4n) is 2.24. The summed E-state index contributed by atoms with van der Waals surface area (Å²) in [5.74, 6) is 0.839. The maximum atomic E-state index is 5.18. The molecule has 0 bridgehead atoms. The number of rotatable bonds is 1. The van der Waals surface area contributed by atoms with Gasteiger partial charge < -0.3 is 4.57 Å². The maximum Gasteiger partial charge on any atom is 0.195 e. The standard InChI is InChI=1S/C14H14N4S/c1-8-4-5-12-10(6-8)11(7-9(2)15-12)13-16-17-14(19)18(13)3/h4-7H,1-3H3,(H,17,19). The van der Waals surface area contributed by atoms with Gasteiger partial charge in [-0.1, -0.05) is 11.6 Å². The number of fused-ring (bicyclic) bond motifs is 1. The molecule has 2 heterocycles. The summed E-state index contributed by atoms with van der Waals surface area (Å²) in [6.45, 7) is 4.07. The fraction of sp³-hybridized carbons (Fsp3) is 0.214. The van der Waals surface area contributed by atoms with E-state index in [0.717, 1.165) is 28.0 Å². The van der Waals surface area contributed by atoms with E-state index in [1.165, 1.54) is 5.56 Å². The van der Waals surface area contributed by atoms with Gasteiger partial charge in [-0.15, -0.1) is 0 Å². The number of H-pyrrole nitrogens is 1. The zero-order chi connectivity index (χ0) is 13.6. The van der Waals surface area contributed by atoms with Crippen LogP contribution in [0.15, 0.2) is 24.3 Å². The van der Waals surface area contributed by atoms with Crippen LogP contribution in [-0.4, -0.2) is 19.7 Å². The molecule has 1 N–H and O–H groups in total. The summed E-state index contributed by atoms with van der Waals surface area (Å²) in [6.07, 6.45) is 0. The van der Waals surface area contributed by atoms with Crippen LogP contribution < -0.4 is 0 Å². The van der Waals surface area contributed by atoms with Crippen LogP contribution in [0.4, 0.5) is 0 Å². The van der Waals surface area contributed by atoms with Gasteiger partial charge in [0.2, 0.25) is 0 Å². The van der Waals surface area contributed by atoms with Crippen LogP contribution in [-0.2, 0) is 7.05 Å². The quantitative estimate of drug-likeness (QED) is 0.690. The molecule has 0 aliphatic heterocycles. The third kappa shape index (κ3) is 1.96. The summed E-state index contributed by atoms with van der Waals surface area (Å²) in [5, 5.41) is 8.25. The molecule has 0 aliphatic rings. The normalized spacial score (nSPS) is 11.1. The van der Waals surface area contributed by atoms with Crippen LogP contribution >= 0.6 is 12.2 Å². The lowest BCUT2D eigenvalue weighted by atomic mass is 10.0. The number of aryl methyl sites for hydroxylation is 2. The molecule has 0 amide bonds. The molecule has 0 fully saturated rings. The van der Waals surface area contributed by atoms with Gasteiger partial charge in [-0.2, -0.15) is 5.10 Å². The average Bonchev–Trinajstić information content (AvgIpc) is 2.70. The smallest absolute Gasteiger partial charge is 0.195 e. The lowest BCUT2D eigenvalue weighted by Gasteiger charge is -2.08. The van der Waals surface area contributed by atoms with Gasteiger partial charge in [-0.3, -0.25) is 10.1 Å². The molecule has 3 aromatic rings. The Balaban J connectivity index is 2.42.